The maximum atomic E-state index is 11.2. The van der Waals surface area contributed by atoms with Crippen LogP contribution in [0.15, 0.2) is 23.0 Å². The number of nitrogens with zero attached hydrogens (tertiary/aromatic N) is 2. The third kappa shape index (κ3) is 1.33. The smallest absolute Gasteiger partial charge is 0.311 e. The first-order valence-corrected chi connectivity index (χ1v) is 3.84. The van der Waals surface area contributed by atoms with E-state index in [-0.39, 0.29) is 10.5 Å². The molecule has 0 spiro atoms. The van der Waals surface area contributed by atoms with Gasteiger partial charge in [0.15, 0.2) is 0 Å². The molecular formula is C7H4ClN3O2. The van der Waals surface area contributed by atoms with Crippen molar-refractivity contribution in [2.45, 2.75) is 0 Å². The molecule has 1 N–H and O–H groups in total. The Morgan fingerprint density at radius 1 is 1.54 bits per heavy atom. The van der Waals surface area contributed by atoms with Gasteiger partial charge in [-0.1, -0.05) is 16.7 Å². The number of nitrogens with one attached hydrogen (secondary N) is 1. The molecule has 1 heterocycles. The number of halogens is 1. The summed E-state index contributed by atoms with van der Waals surface area (Å²) in [5.41, 5.74) is -0.192. The fourth-order valence-corrected chi connectivity index (χ4v) is 1.22. The van der Waals surface area contributed by atoms with Crippen LogP contribution in [-0.4, -0.2) is 10.2 Å². The molecule has 0 atom stereocenters. The molecule has 0 bridgehead atoms. The molecule has 1 aromatic carbocycles. The van der Waals surface area contributed by atoms with Gasteiger partial charge in [0.05, 0.1) is 5.39 Å². The van der Waals surface area contributed by atoms with Crippen molar-refractivity contribution in [3.8, 4) is 0 Å². The number of hydrogen-bond donors (Lipinski definition) is 1. The topological polar surface area (TPSA) is 72.7 Å². The number of aromatic amines is 1. The summed E-state index contributed by atoms with van der Waals surface area (Å²) < 4.78 is 0. The van der Waals surface area contributed by atoms with Gasteiger partial charge < -0.3 is 5.21 Å². The number of hydrogen-bond acceptors (Lipinski definition) is 3. The minimum Gasteiger partial charge on any atom is -0.571 e. The van der Waals surface area contributed by atoms with Crippen LogP contribution in [0.5, 0.6) is 0 Å². The lowest BCUT2D eigenvalue weighted by atomic mass is 10.2. The van der Waals surface area contributed by atoms with Crippen molar-refractivity contribution in [3.63, 3.8) is 0 Å². The van der Waals surface area contributed by atoms with Gasteiger partial charge in [-0.25, -0.2) is 0 Å². The highest BCUT2D eigenvalue weighted by Crippen LogP contribution is 2.12. The van der Waals surface area contributed by atoms with Gasteiger partial charge in [0.25, 0.3) is 0 Å². The summed E-state index contributed by atoms with van der Waals surface area (Å²) in [6, 6.07) is 4.54. The van der Waals surface area contributed by atoms with Crippen molar-refractivity contribution in [3.05, 3.63) is 38.8 Å². The molecule has 0 aliphatic heterocycles. The molecular weight excluding hydrogens is 194 g/mol. The van der Waals surface area contributed by atoms with Crippen LogP contribution in [-0.2, 0) is 0 Å². The molecule has 66 valence electrons. The maximum Gasteiger partial charge on any atom is 0.311 e. The molecule has 2 aromatic rings. The summed E-state index contributed by atoms with van der Waals surface area (Å²) in [6.07, 6.45) is 0. The monoisotopic (exact) mass is 197 g/mol. The van der Waals surface area contributed by atoms with Gasteiger partial charge in [-0.3, -0.25) is 4.79 Å². The van der Waals surface area contributed by atoms with E-state index in [1.807, 2.05) is 5.10 Å². The zero-order valence-electron chi connectivity index (χ0n) is 6.32. The molecule has 0 aliphatic rings. The molecule has 0 unspecified atom stereocenters. The number of H-pyrrole nitrogens is 1. The van der Waals surface area contributed by atoms with E-state index in [4.69, 9.17) is 11.6 Å². The fourth-order valence-electron chi connectivity index (χ4n) is 1.05. The number of fused-ring (bicyclic) bond motifs is 1. The van der Waals surface area contributed by atoms with Crippen molar-refractivity contribution < 1.29 is 4.96 Å². The van der Waals surface area contributed by atoms with Crippen LogP contribution in [0.25, 0.3) is 10.9 Å². The first-order valence-electron chi connectivity index (χ1n) is 3.46. The van der Waals surface area contributed by atoms with Gasteiger partial charge in [0.2, 0.25) is 0 Å². The van der Waals surface area contributed by atoms with Crippen LogP contribution in [0.1, 0.15) is 0 Å². The van der Waals surface area contributed by atoms with Crippen LogP contribution in [0, 0.1) is 5.21 Å². The van der Waals surface area contributed by atoms with E-state index < -0.39 is 5.56 Å². The van der Waals surface area contributed by atoms with E-state index in [9.17, 15) is 10.0 Å². The Morgan fingerprint density at radius 2 is 2.31 bits per heavy atom. The highest BCUT2D eigenvalue weighted by molar-refractivity contribution is 6.31. The molecule has 0 aliphatic carbocycles. The van der Waals surface area contributed by atoms with E-state index >= 15 is 0 Å². The van der Waals surface area contributed by atoms with Crippen molar-refractivity contribution in [2.24, 2.45) is 0 Å². The van der Waals surface area contributed by atoms with E-state index in [1.54, 1.807) is 6.07 Å². The quantitative estimate of drug-likeness (QED) is 0.485. The Bertz CT molecular complexity index is 517. The molecule has 5 nitrogen and oxygen atoms in total. The fraction of sp³-hybridized carbons (Fsp3) is 0. The molecule has 13 heavy (non-hydrogen) atoms. The number of rotatable bonds is 0. The minimum absolute atomic E-state index is 0.112. The van der Waals surface area contributed by atoms with Crippen LogP contribution < -0.4 is 10.5 Å². The van der Waals surface area contributed by atoms with Gasteiger partial charge in [0.1, 0.15) is 5.52 Å². The second-order valence-corrected chi connectivity index (χ2v) is 2.91. The maximum absolute atomic E-state index is 11.2. The van der Waals surface area contributed by atoms with Crippen LogP contribution in [0.4, 0.5) is 0 Å². The Labute approximate surface area is 77.1 Å². The predicted molar refractivity (Wildman–Crippen MR) is 46.3 cm³/mol. The van der Waals surface area contributed by atoms with E-state index in [2.05, 4.69) is 5.10 Å². The van der Waals surface area contributed by atoms with E-state index in [0.717, 1.165) is 0 Å². The van der Waals surface area contributed by atoms with Crippen molar-refractivity contribution >= 4 is 22.5 Å². The van der Waals surface area contributed by atoms with Crippen molar-refractivity contribution in [1.29, 1.82) is 0 Å². The second-order valence-electron chi connectivity index (χ2n) is 2.48. The standard InChI is InChI=1S/C7H4ClN3O2/c8-4-1-2-5-6(3-4)9-11(13)10-7(5)12/h1-3H,(H,9,10,12). The van der Waals surface area contributed by atoms with Gasteiger partial charge in [-0.15, -0.1) is 0 Å². The molecule has 0 saturated heterocycles. The lowest BCUT2D eigenvalue weighted by molar-refractivity contribution is -0.727. The van der Waals surface area contributed by atoms with Crippen molar-refractivity contribution in [2.75, 3.05) is 0 Å². The summed E-state index contributed by atoms with van der Waals surface area (Å²) in [6.45, 7) is 0. The first-order chi connectivity index (χ1) is 6.16. The third-order valence-electron chi connectivity index (χ3n) is 1.60. The lowest BCUT2D eigenvalue weighted by Gasteiger charge is -1.95. The molecule has 2 rings (SSSR count). The SMILES string of the molecule is O=c1[nH][n+]([O-])nc2cc(Cl)ccc12. The third-order valence-corrected chi connectivity index (χ3v) is 1.84. The molecule has 0 amide bonds. The number of benzene rings is 1. The van der Waals surface area contributed by atoms with Crippen LogP contribution in [0.3, 0.4) is 0 Å². The van der Waals surface area contributed by atoms with Gasteiger partial charge in [0, 0.05) is 15.1 Å². The highest BCUT2D eigenvalue weighted by Gasteiger charge is 2.04. The first kappa shape index (κ1) is 8.00. The largest absolute Gasteiger partial charge is 0.571 e. The molecule has 1 aromatic heterocycles. The van der Waals surface area contributed by atoms with Crippen molar-refractivity contribution in [1.82, 2.24) is 10.2 Å². The van der Waals surface area contributed by atoms with Gasteiger partial charge >= 0.3 is 5.56 Å². The Balaban J connectivity index is 2.95. The summed E-state index contributed by atoms with van der Waals surface area (Å²) in [5, 5.41) is 17.0. The summed E-state index contributed by atoms with van der Waals surface area (Å²) in [5.74, 6) is 0. The normalized spacial score (nSPS) is 10.5. The highest BCUT2D eigenvalue weighted by atomic mass is 35.5. The van der Waals surface area contributed by atoms with E-state index in [0.29, 0.717) is 10.4 Å². The summed E-state index contributed by atoms with van der Waals surface area (Å²) >= 11 is 5.66. The summed E-state index contributed by atoms with van der Waals surface area (Å²) in [7, 11) is 0. The average molecular weight is 198 g/mol. The average Bonchev–Trinajstić information content (AvgIpc) is 2.02. The zero-order chi connectivity index (χ0) is 9.42. The molecule has 6 heteroatoms. The Hall–Kier alpha value is -1.62. The lowest BCUT2D eigenvalue weighted by Crippen LogP contribution is -2.41. The van der Waals surface area contributed by atoms with Gasteiger partial charge in [-0.05, 0) is 18.2 Å². The molecule has 0 radical (unpaired) electrons. The van der Waals surface area contributed by atoms with Gasteiger partial charge in [-0.2, -0.15) is 0 Å². The predicted octanol–water partition coefficient (Wildman–Crippen LogP) is 0.210. The zero-order valence-corrected chi connectivity index (χ0v) is 7.08. The van der Waals surface area contributed by atoms with Crippen LogP contribution >= 0.6 is 11.6 Å². The van der Waals surface area contributed by atoms with Crippen LogP contribution in [0.2, 0.25) is 5.02 Å². The molecule has 0 fully saturated rings. The van der Waals surface area contributed by atoms with E-state index in [1.165, 1.54) is 12.1 Å². The second kappa shape index (κ2) is 2.70. The minimum atomic E-state index is -0.475. The molecule has 0 saturated carbocycles. The Morgan fingerprint density at radius 3 is 3.08 bits per heavy atom. The summed E-state index contributed by atoms with van der Waals surface area (Å²) in [4.78, 5) is 11.3. The Kier molecular flexibility index (Phi) is 1.66. The number of aromatic nitrogens is 3.